The lowest BCUT2D eigenvalue weighted by Gasteiger charge is -1.87. The summed E-state index contributed by atoms with van der Waals surface area (Å²) in [6, 6.07) is 0. The molecule has 0 saturated heterocycles. The zero-order valence-electron chi connectivity index (χ0n) is 4.95. The molecule has 0 rings (SSSR count). The van der Waals surface area contributed by atoms with Gasteiger partial charge in [-0.05, 0) is 6.42 Å². The molecule has 0 bridgehead atoms. The van der Waals surface area contributed by atoms with E-state index in [2.05, 4.69) is 6.92 Å². The van der Waals surface area contributed by atoms with Gasteiger partial charge in [-0.3, -0.25) is 0 Å². The second-order valence-corrected chi connectivity index (χ2v) is 2.33. The van der Waals surface area contributed by atoms with Crippen LogP contribution >= 0.6 is 23.2 Å². The third kappa shape index (κ3) is 4.48. The van der Waals surface area contributed by atoms with E-state index in [1.807, 2.05) is 6.08 Å². The predicted molar refractivity (Wildman–Crippen MR) is 39.6 cm³/mol. The molecule has 0 heterocycles. The summed E-state index contributed by atoms with van der Waals surface area (Å²) in [4.78, 5) is 0. The van der Waals surface area contributed by atoms with Crippen LogP contribution in [0.25, 0.3) is 0 Å². The molecule has 0 aliphatic carbocycles. The maximum absolute atomic E-state index is 5.57. The zero-order chi connectivity index (χ0) is 6.41. The Morgan fingerprint density at radius 2 is 2.25 bits per heavy atom. The molecular weight excluding hydrogens is 143 g/mol. The monoisotopic (exact) mass is 152 g/mol. The number of allylic oxidation sites excluding steroid dienone is 2. The van der Waals surface area contributed by atoms with E-state index >= 15 is 0 Å². The third-order valence-corrected chi connectivity index (χ3v) is 1.49. The molecule has 0 aromatic heterocycles. The van der Waals surface area contributed by atoms with Gasteiger partial charge in [0.25, 0.3) is 0 Å². The van der Waals surface area contributed by atoms with Gasteiger partial charge in [-0.2, -0.15) is 0 Å². The van der Waals surface area contributed by atoms with Crippen LogP contribution in [0.2, 0.25) is 0 Å². The molecule has 0 aliphatic rings. The van der Waals surface area contributed by atoms with Crippen LogP contribution in [0.4, 0.5) is 0 Å². The molecule has 0 aromatic carbocycles. The van der Waals surface area contributed by atoms with E-state index < -0.39 is 0 Å². The van der Waals surface area contributed by atoms with Crippen molar-refractivity contribution in [3.8, 4) is 0 Å². The average molecular weight is 153 g/mol. The Morgan fingerprint density at radius 3 is 2.62 bits per heavy atom. The van der Waals surface area contributed by atoms with E-state index in [4.69, 9.17) is 23.2 Å². The van der Waals surface area contributed by atoms with Crippen molar-refractivity contribution in [2.24, 2.45) is 0 Å². The van der Waals surface area contributed by atoms with Crippen molar-refractivity contribution in [1.29, 1.82) is 0 Å². The van der Waals surface area contributed by atoms with Crippen LogP contribution in [0.1, 0.15) is 19.8 Å². The van der Waals surface area contributed by atoms with Gasteiger partial charge in [0.15, 0.2) is 0 Å². The summed E-state index contributed by atoms with van der Waals surface area (Å²) >= 11 is 11.0. The van der Waals surface area contributed by atoms with Crippen LogP contribution in [0.15, 0.2) is 11.1 Å². The normalized spacial score (nSPS) is 12.1. The molecule has 0 unspecified atom stereocenters. The Labute approximate surface area is 60.5 Å². The Hall–Kier alpha value is 0.320. The molecule has 0 aromatic rings. The molecule has 0 N–H and O–H groups in total. The van der Waals surface area contributed by atoms with Crippen molar-refractivity contribution in [3.63, 3.8) is 0 Å². The van der Waals surface area contributed by atoms with Crippen LogP contribution in [0, 0.1) is 0 Å². The minimum absolute atomic E-state index is 0.446. The molecule has 8 heavy (non-hydrogen) atoms. The Bertz CT molecular complexity index is 76.6. The van der Waals surface area contributed by atoms with E-state index in [1.165, 1.54) is 0 Å². The van der Waals surface area contributed by atoms with Crippen molar-refractivity contribution in [2.45, 2.75) is 19.8 Å². The minimum Gasteiger partial charge on any atom is -0.121 e. The number of hydrogen-bond donors (Lipinski definition) is 0. The molecule has 0 nitrogen and oxygen atoms in total. The van der Waals surface area contributed by atoms with Crippen molar-refractivity contribution >= 4 is 23.2 Å². The minimum atomic E-state index is 0.446. The fourth-order valence-corrected chi connectivity index (χ4v) is 0.574. The van der Waals surface area contributed by atoms with Crippen LogP contribution in [0.5, 0.6) is 0 Å². The first-order valence-corrected chi connectivity index (χ1v) is 3.63. The number of hydrogen-bond acceptors (Lipinski definition) is 0. The summed E-state index contributed by atoms with van der Waals surface area (Å²) in [6.45, 7) is 2.11. The first kappa shape index (κ1) is 8.32. The van der Waals surface area contributed by atoms with Crippen molar-refractivity contribution in [2.75, 3.05) is 5.88 Å². The molecular formula is C6H10Cl2. The van der Waals surface area contributed by atoms with E-state index in [9.17, 15) is 0 Å². The quantitative estimate of drug-likeness (QED) is 0.546. The fourth-order valence-electron chi connectivity index (χ4n) is 0.356. The maximum atomic E-state index is 5.57. The zero-order valence-corrected chi connectivity index (χ0v) is 6.47. The molecule has 0 fully saturated rings. The third-order valence-electron chi connectivity index (χ3n) is 0.782. The molecule has 0 atom stereocenters. The lowest BCUT2D eigenvalue weighted by molar-refractivity contribution is 0.955. The summed E-state index contributed by atoms with van der Waals surface area (Å²) in [5, 5.41) is 0.758. The molecule has 0 saturated carbocycles. The van der Waals surface area contributed by atoms with Crippen molar-refractivity contribution in [1.82, 2.24) is 0 Å². The van der Waals surface area contributed by atoms with Gasteiger partial charge >= 0.3 is 0 Å². The second-order valence-electron chi connectivity index (χ2n) is 1.57. The average Bonchev–Trinajstić information content (AvgIpc) is 1.83. The van der Waals surface area contributed by atoms with Gasteiger partial charge in [0.1, 0.15) is 0 Å². The smallest absolute Gasteiger partial charge is 0.0578 e. The number of unbranched alkanes of at least 4 members (excludes halogenated alkanes) is 1. The highest BCUT2D eigenvalue weighted by Gasteiger charge is 1.84. The summed E-state index contributed by atoms with van der Waals surface area (Å²) in [5.74, 6) is 0.446. The Morgan fingerprint density at radius 1 is 1.62 bits per heavy atom. The first-order valence-electron chi connectivity index (χ1n) is 2.71. The molecule has 0 amide bonds. The summed E-state index contributed by atoms with van der Waals surface area (Å²) in [5.41, 5.74) is 0. The highest BCUT2D eigenvalue weighted by molar-refractivity contribution is 6.35. The summed E-state index contributed by atoms with van der Waals surface area (Å²) in [7, 11) is 0. The first-order chi connectivity index (χ1) is 3.81. The van der Waals surface area contributed by atoms with Crippen molar-refractivity contribution < 1.29 is 0 Å². The largest absolute Gasteiger partial charge is 0.121 e. The van der Waals surface area contributed by atoms with Gasteiger partial charge in [-0.25, -0.2) is 0 Å². The fraction of sp³-hybridized carbons (Fsp3) is 0.667. The van der Waals surface area contributed by atoms with Gasteiger partial charge in [-0.1, -0.05) is 31.0 Å². The highest BCUT2D eigenvalue weighted by atomic mass is 35.5. The molecule has 48 valence electrons. The summed E-state index contributed by atoms with van der Waals surface area (Å²) in [6.07, 6.45) is 4.12. The van der Waals surface area contributed by atoms with E-state index in [-0.39, 0.29) is 0 Å². The van der Waals surface area contributed by atoms with Crippen molar-refractivity contribution in [3.05, 3.63) is 11.1 Å². The predicted octanol–water partition coefficient (Wildman–Crippen LogP) is 3.15. The lowest BCUT2D eigenvalue weighted by Crippen LogP contribution is -1.71. The Balaban J connectivity index is 3.26. The van der Waals surface area contributed by atoms with Crippen LogP contribution in [-0.4, -0.2) is 5.88 Å². The molecule has 0 aliphatic heterocycles. The topological polar surface area (TPSA) is 0 Å². The Kier molecular flexibility index (Phi) is 5.67. The maximum Gasteiger partial charge on any atom is 0.0578 e. The van der Waals surface area contributed by atoms with Gasteiger partial charge in [0.05, 0.1) is 5.88 Å². The van der Waals surface area contributed by atoms with Crippen LogP contribution in [-0.2, 0) is 0 Å². The molecule has 2 heteroatoms. The van der Waals surface area contributed by atoms with Crippen LogP contribution < -0.4 is 0 Å². The molecule has 0 radical (unpaired) electrons. The SMILES string of the molecule is CCC/C=C(/Cl)CCl. The van der Waals surface area contributed by atoms with Gasteiger partial charge < -0.3 is 0 Å². The number of alkyl halides is 1. The number of halogens is 2. The number of rotatable bonds is 3. The molecule has 0 spiro atoms. The van der Waals surface area contributed by atoms with Gasteiger partial charge in [0, 0.05) is 5.03 Å². The standard InChI is InChI=1S/C6H10Cl2/c1-2-3-4-6(8)5-7/h4H,2-3,5H2,1H3/b6-4+. The van der Waals surface area contributed by atoms with E-state index in [0.717, 1.165) is 17.9 Å². The van der Waals surface area contributed by atoms with E-state index in [1.54, 1.807) is 0 Å². The lowest BCUT2D eigenvalue weighted by atomic mass is 10.3. The highest BCUT2D eigenvalue weighted by Crippen LogP contribution is 2.05. The van der Waals surface area contributed by atoms with E-state index in [0.29, 0.717) is 5.88 Å². The van der Waals surface area contributed by atoms with Gasteiger partial charge in [0.2, 0.25) is 0 Å². The second kappa shape index (κ2) is 5.46. The van der Waals surface area contributed by atoms with Gasteiger partial charge in [-0.15, -0.1) is 11.6 Å². The van der Waals surface area contributed by atoms with Crippen LogP contribution in [0.3, 0.4) is 0 Å². The summed E-state index contributed by atoms with van der Waals surface area (Å²) < 4.78 is 0.